The molecule has 0 fully saturated rings. The van der Waals surface area contributed by atoms with Crippen molar-refractivity contribution in [3.63, 3.8) is 0 Å². The highest BCUT2D eigenvalue weighted by molar-refractivity contribution is 6.38. The van der Waals surface area contributed by atoms with Crippen LogP contribution < -0.4 is 9.47 Å². The number of rotatable bonds is 5. The van der Waals surface area contributed by atoms with Crippen molar-refractivity contribution in [1.82, 2.24) is 0 Å². The van der Waals surface area contributed by atoms with Crippen LogP contribution in [0.25, 0.3) is 6.08 Å². The number of benzene rings is 1. The summed E-state index contributed by atoms with van der Waals surface area (Å²) in [7, 11) is 2.96. The molecule has 1 N–H and O–H groups in total. The van der Waals surface area contributed by atoms with Crippen LogP contribution in [0.15, 0.2) is 24.3 Å². The Morgan fingerprint density at radius 2 is 1.94 bits per heavy atom. The first kappa shape index (κ1) is 12.8. The van der Waals surface area contributed by atoms with Crippen molar-refractivity contribution in [2.75, 3.05) is 14.2 Å². The molecule has 0 aliphatic carbocycles. The van der Waals surface area contributed by atoms with E-state index in [9.17, 15) is 9.59 Å². The third kappa shape index (κ3) is 3.07. The summed E-state index contributed by atoms with van der Waals surface area (Å²) in [5.74, 6) is -1.53. The van der Waals surface area contributed by atoms with Gasteiger partial charge in [0.2, 0.25) is 0 Å². The molecule has 0 aromatic heterocycles. The molecule has 1 aromatic rings. The number of ketones is 1. The summed E-state index contributed by atoms with van der Waals surface area (Å²) in [6.07, 6.45) is 2.34. The topological polar surface area (TPSA) is 72.8 Å². The zero-order valence-electron chi connectivity index (χ0n) is 9.47. The van der Waals surface area contributed by atoms with Gasteiger partial charge >= 0.3 is 5.97 Å². The molecule has 5 nitrogen and oxygen atoms in total. The maximum atomic E-state index is 10.9. The lowest BCUT2D eigenvalue weighted by atomic mass is 10.1. The predicted octanol–water partition coefficient (Wildman–Crippen LogP) is 1.37. The minimum Gasteiger partial charge on any atom is -0.493 e. The molecule has 1 rings (SSSR count). The van der Waals surface area contributed by atoms with Crippen molar-refractivity contribution in [3.05, 3.63) is 29.8 Å². The number of hydrogen-bond donors (Lipinski definition) is 1. The molecule has 0 aliphatic rings. The highest BCUT2D eigenvalue weighted by atomic mass is 16.5. The Morgan fingerprint density at radius 1 is 1.24 bits per heavy atom. The van der Waals surface area contributed by atoms with Crippen LogP contribution in [0.2, 0.25) is 0 Å². The summed E-state index contributed by atoms with van der Waals surface area (Å²) >= 11 is 0. The van der Waals surface area contributed by atoms with Crippen LogP contribution in [0.5, 0.6) is 11.5 Å². The van der Waals surface area contributed by atoms with E-state index < -0.39 is 11.8 Å². The summed E-state index contributed by atoms with van der Waals surface area (Å²) in [5.41, 5.74) is 0.571. The minimum atomic E-state index is -1.50. The number of carboxylic acids is 1. The first-order valence-corrected chi connectivity index (χ1v) is 4.76. The third-order valence-electron chi connectivity index (χ3n) is 2.06. The number of aliphatic carboxylic acids is 1. The third-order valence-corrected chi connectivity index (χ3v) is 2.06. The average Bonchev–Trinajstić information content (AvgIpc) is 2.34. The Balaban J connectivity index is 3.06. The first-order chi connectivity index (χ1) is 8.10. The van der Waals surface area contributed by atoms with E-state index in [1.807, 2.05) is 0 Å². The second-order valence-electron chi connectivity index (χ2n) is 3.09. The van der Waals surface area contributed by atoms with Crippen LogP contribution in [0, 0.1) is 0 Å². The smallest absolute Gasteiger partial charge is 0.376 e. The predicted molar refractivity (Wildman–Crippen MR) is 61.2 cm³/mol. The van der Waals surface area contributed by atoms with Crippen molar-refractivity contribution >= 4 is 17.8 Å². The van der Waals surface area contributed by atoms with E-state index in [1.165, 1.54) is 20.3 Å². The number of carbonyl (C=O) groups excluding carboxylic acids is 1. The molecule has 0 bridgehead atoms. The highest BCUT2D eigenvalue weighted by Gasteiger charge is 2.09. The monoisotopic (exact) mass is 236 g/mol. The number of carbonyl (C=O) groups is 2. The number of hydrogen-bond acceptors (Lipinski definition) is 4. The van der Waals surface area contributed by atoms with Gasteiger partial charge in [-0.05, 0) is 18.2 Å². The standard InChI is InChI=1S/C12H12O5/c1-16-10-5-3-4-8(11(10)17-2)6-7-9(13)12(14)15/h3-7H,1-2H3,(H,14,15)/b7-6+. The summed E-state index contributed by atoms with van der Waals surface area (Å²) in [6, 6.07) is 5.11. The fourth-order valence-corrected chi connectivity index (χ4v) is 1.28. The molecule has 0 amide bonds. The van der Waals surface area contributed by atoms with Gasteiger partial charge < -0.3 is 14.6 Å². The lowest BCUT2D eigenvalue weighted by Crippen LogP contribution is -2.08. The van der Waals surface area contributed by atoms with E-state index in [-0.39, 0.29) is 0 Å². The molecule has 0 unspecified atom stereocenters. The lowest BCUT2D eigenvalue weighted by Gasteiger charge is -2.09. The molecule has 0 radical (unpaired) electrons. The average molecular weight is 236 g/mol. The second kappa shape index (κ2) is 5.69. The van der Waals surface area contributed by atoms with Gasteiger partial charge in [-0.15, -0.1) is 0 Å². The van der Waals surface area contributed by atoms with Crippen LogP contribution >= 0.6 is 0 Å². The number of para-hydroxylation sites is 1. The zero-order valence-corrected chi connectivity index (χ0v) is 9.47. The van der Waals surface area contributed by atoms with Crippen molar-refractivity contribution in [1.29, 1.82) is 0 Å². The van der Waals surface area contributed by atoms with E-state index in [1.54, 1.807) is 18.2 Å². The molecule has 0 saturated heterocycles. The molecular formula is C12H12O5. The normalized spacial score (nSPS) is 10.2. The van der Waals surface area contributed by atoms with Gasteiger partial charge in [-0.1, -0.05) is 12.1 Å². The van der Waals surface area contributed by atoms with Gasteiger partial charge in [0.25, 0.3) is 5.78 Å². The number of carboxylic acid groups (broad SMARTS) is 1. The number of ether oxygens (including phenoxy) is 2. The van der Waals surface area contributed by atoms with Crippen LogP contribution in [0.1, 0.15) is 5.56 Å². The molecule has 0 aliphatic heterocycles. The SMILES string of the molecule is COc1cccc(/C=C/C(=O)C(=O)O)c1OC. The summed E-state index contributed by atoms with van der Waals surface area (Å²) in [4.78, 5) is 21.3. The van der Waals surface area contributed by atoms with Crippen LogP contribution in [0.4, 0.5) is 0 Å². The van der Waals surface area contributed by atoms with E-state index in [4.69, 9.17) is 14.6 Å². The molecule has 5 heteroatoms. The molecule has 0 atom stereocenters. The molecule has 0 heterocycles. The maximum Gasteiger partial charge on any atom is 0.376 e. The Labute approximate surface area is 98.3 Å². The molecule has 1 aromatic carbocycles. The van der Waals surface area contributed by atoms with Gasteiger partial charge in [0, 0.05) is 5.56 Å². The fourth-order valence-electron chi connectivity index (χ4n) is 1.28. The van der Waals surface area contributed by atoms with Crippen LogP contribution in [-0.4, -0.2) is 31.1 Å². The molecular weight excluding hydrogens is 224 g/mol. The Bertz CT molecular complexity index is 462. The Morgan fingerprint density at radius 3 is 2.47 bits per heavy atom. The fraction of sp³-hybridized carbons (Fsp3) is 0.167. The van der Waals surface area contributed by atoms with Gasteiger partial charge in [0.1, 0.15) is 0 Å². The molecule has 90 valence electrons. The molecule has 0 spiro atoms. The van der Waals surface area contributed by atoms with E-state index >= 15 is 0 Å². The van der Waals surface area contributed by atoms with Gasteiger partial charge in [-0.2, -0.15) is 0 Å². The summed E-state index contributed by atoms with van der Waals surface area (Å²) in [6.45, 7) is 0. The first-order valence-electron chi connectivity index (χ1n) is 4.76. The summed E-state index contributed by atoms with van der Waals surface area (Å²) < 4.78 is 10.2. The van der Waals surface area contributed by atoms with E-state index in [2.05, 4.69) is 0 Å². The minimum absolute atomic E-state index is 0.449. The van der Waals surface area contributed by atoms with Crippen LogP contribution in [-0.2, 0) is 9.59 Å². The summed E-state index contributed by atoms with van der Waals surface area (Å²) in [5, 5.41) is 8.43. The van der Waals surface area contributed by atoms with E-state index in [0.29, 0.717) is 17.1 Å². The van der Waals surface area contributed by atoms with Gasteiger partial charge in [-0.25, -0.2) is 4.79 Å². The van der Waals surface area contributed by atoms with Gasteiger partial charge in [0.15, 0.2) is 11.5 Å². The Hall–Kier alpha value is -2.30. The lowest BCUT2D eigenvalue weighted by molar-refractivity contribution is -0.146. The molecule has 17 heavy (non-hydrogen) atoms. The van der Waals surface area contributed by atoms with Crippen LogP contribution in [0.3, 0.4) is 0 Å². The number of methoxy groups -OCH3 is 2. The zero-order chi connectivity index (χ0) is 12.8. The largest absolute Gasteiger partial charge is 0.493 e. The van der Waals surface area contributed by atoms with Crippen molar-refractivity contribution in [3.8, 4) is 11.5 Å². The molecule has 0 saturated carbocycles. The van der Waals surface area contributed by atoms with Gasteiger partial charge in [-0.3, -0.25) is 4.79 Å². The van der Waals surface area contributed by atoms with Crippen molar-refractivity contribution in [2.24, 2.45) is 0 Å². The van der Waals surface area contributed by atoms with Crippen molar-refractivity contribution < 1.29 is 24.2 Å². The highest BCUT2D eigenvalue weighted by Crippen LogP contribution is 2.31. The van der Waals surface area contributed by atoms with Gasteiger partial charge in [0.05, 0.1) is 14.2 Å². The Kier molecular flexibility index (Phi) is 4.28. The van der Waals surface area contributed by atoms with E-state index in [0.717, 1.165) is 6.08 Å². The second-order valence-corrected chi connectivity index (χ2v) is 3.09. The quantitative estimate of drug-likeness (QED) is 0.617. The maximum absolute atomic E-state index is 10.9. The van der Waals surface area contributed by atoms with Crippen molar-refractivity contribution in [2.45, 2.75) is 0 Å².